The Labute approximate surface area is 104 Å². The van der Waals surface area contributed by atoms with Crippen LogP contribution < -0.4 is 10.6 Å². The Bertz CT molecular complexity index is 243. The van der Waals surface area contributed by atoms with E-state index >= 15 is 0 Å². The lowest BCUT2D eigenvalue weighted by molar-refractivity contribution is -0.0469. The molecule has 3 rings (SSSR count). The predicted molar refractivity (Wildman–Crippen MR) is 68.2 cm³/mol. The molecule has 3 fully saturated rings. The summed E-state index contributed by atoms with van der Waals surface area (Å²) in [6.07, 6.45) is 5.77. The number of hydrogen-bond donors (Lipinski definition) is 2. The van der Waals surface area contributed by atoms with Crippen LogP contribution in [-0.4, -0.2) is 62.4 Å². The molecule has 98 valence electrons. The third kappa shape index (κ3) is 2.99. The molecule has 17 heavy (non-hydrogen) atoms. The van der Waals surface area contributed by atoms with Crippen LogP contribution >= 0.6 is 0 Å². The van der Waals surface area contributed by atoms with Crippen molar-refractivity contribution in [1.29, 1.82) is 0 Å². The molecule has 0 radical (unpaired) electrons. The standard InChI is InChI=1S/C13H25N3O/c1-3-11(15-5-1)7-14-8-13-9-16-6-2-4-12(16)10-17-13/h11-15H,1-10H2. The van der Waals surface area contributed by atoms with Crippen molar-refractivity contribution in [2.24, 2.45) is 0 Å². The first-order chi connectivity index (χ1) is 8.42. The van der Waals surface area contributed by atoms with Crippen molar-refractivity contribution >= 4 is 0 Å². The van der Waals surface area contributed by atoms with Crippen molar-refractivity contribution in [3.8, 4) is 0 Å². The zero-order valence-corrected chi connectivity index (χ0v) is 10.7. The van der Waals surface area contributed by atoms with E-state index in [0.29, 0.717) is 12.1 Å². The lowest BCUT2D eigenvalue weighted by Crippen LogP contribution is -2.50. The SMILES string of the molecule is C1CNC(CNCC2CN3CCCC3CO2)C1. The molecule has 4 heteroatoms. The number of ether oxygens (including phenoxy) is 1. The Morgan fingerprint density at radius 2 is 2.24 bits per heavy atom. The molecule has 0 amide bonds. The summed E-state index contributed by atoms with van der Waals surface area (Å²) in [6.45, 7) is 6.69. The zero-order valence-electron chi connectivity index (χ0n) is 10.7. The molecule has 3 atom stereocenters. The minimum atomic E-state index is 0.408. The average molecular weight is 239 g/mol. The van der Waals surface area contributed by atoms with Gasteiger partial charge in [-0.15, -0.1) is 0 Å². The molecule has 0 aromatic carbocycles. The van der Waals surface area contributed by atoms with Gasteiger partial charge in [0, 0.05) is 31.7 Å². The first kappa shape index (κ1) is 11.9. The van der Waals surface area contributed by atoms with Crippen LogP contribution in [0.3, 0.4) is 0 Å². The summed E-state index contributed by atoms with van der Waals surface area (Å²) in [5.41, 5.74) is 0. The number of morpholine rings is 1. The van der Waals surface area contributed by atoms with Gasteiger partial charge in [-0.2, -0.15) is 0 Å². The van der Waals surface area contributed by atoms with Gasteiger partial charge in [-0.1, -0.05) is 0 Å². The van der Waals surface area contributed by atoms with Crippen LogP contribution in [0.25, 0.3) is 0 Å². The summed E-state index contributed by atoms with van der Waals surface area (Å²) in [5.74, 6) is 0. The van der Waals surface area contributed by atoms with Crippen LogP contribution in [0.4, 0.5) is 0 Å². The normalized spacial score (nSPS) is 38.5. The van der Waals surface area contributed by atoms with Crippen LogP contribution in [0.5, 0.6) is 0 Å². The van der Waals surface area contributed by atoms with Crippen molar-refractivity contribution in [3.63, 3.8) is 0 Å². The fourth-order valence-electron chi connectivity index (χ4n) is 3.36. The maximum Gasteiger partial charge on any atom is 0.0827 e. The van der Waals surface area contributed by atoms with Gasteiger partial charge in [-0.05, 0) is 38.8 Å². The maximum absolute atomic E-state index is 5.93. The number of rotatable bonds is 4. The molecule has 0 aliphatic carbocycles. The van der Waals surface area contributed by atoms with Crippen LogP contribution in [0.15, 0.2) is 0 Å². The first-order valence-corrected chi connectivity index (χ1v) is 7.21. The van der Waals surface area contributed by atoms with Crippen molar-refractivity contribution in [1.82, 2.24) is 15.5 Å². The Hall–Kier alpha value is -0.160. The van der Waals surface area contributed by atoms with Gasteiger partial charge in [0.2, 0.25) is 0 Å². The Balaban J connectivity index is 1.34. The fourth-order valence-corrected chi connectivity index (χ4v) is 3.36. The van der Waals surface area contributed by atoms with Gasteiger partial charge in [0.05, 0.1) is 12.7 Å². The van der Waals surface area contributed by atoms with E-state index in [-0.39, 0.29) is 0 Å². The molecule has 0 spiro atoms. The van der Waals surface area contributed by atoms with Crippen molar-refractivity contribution in [3.05, 3.63) is 0 Å². The minimum absolute atomic E-state index is 0.408. The molecule has 4 nitrogen and oxygen atoms in total. The summed E-state index contributed by atoms with van der Waals surface area (Å²) in [7, 11) is 0. The largest absolute Gasteiger partial charge is 0.374 e. The van der Waals surface area contributed by atoms with E-state index in [0.717, 1.165) is 32.3 Å². The third-order valence-corrected chi connectivity index (χ3v) is 4.39. The molecule has 3 unspecified atom stereocenters. The molecule has 2 N–H and O–H groups in total. The molecular weight excluding hydrogens is 214 g/mol. The van der Waals surface area contributed by atoms with E-state index < -0.39 is 0 Å². The average Bonchev–Trinajstić information content (AvgIpc) is 2.98. The van der Waals surface area contributed by atoms with E-state index in [1.54, 1.807) is 0 Å². The quantitative estimate of drug-likeness (QED) is 0.734. The second-order valence-corrected chi connectivity index (χ2v) is 5.70. The number of hydrogen-bond acceptors (Lipinski definition) is 4. The topological polar surface area (TPSA) is 36.5 Å². The van der Waals surface area contributed by atoms with Gasteiger partial charge >= 0.3 is 0 Å². The summed E-state index contributed by atoms with van der Waals surface area (Å²) in [5, 5.41) is 7.08. The van der Waals surface area contributed by atoms with Crippen molar-refractivity contribution in [2.75, 3.05) is 39.3 Å². The molecule has 0 aromatic rings. The fraction of sp³-hybridized carbons (Fsp3) is 1.00. The highest BCUT2D eigenvalue weighted by Crippen LogP contribution is 2.22. The molecule has 0 aromatic heterocycles. The van der Waals surface area contributed by atoms with Gasteiger partial charge in [-0.3, -0.25) is 4.90 Å². The van der Waals surface area contributed by atoms with Crippen molar-refractivity contribution < 1.29 is 4.74 Å². The Kier molecular flexibility index (Phi) is 3.96. The van der Waals surface area contributed by atoms with E-state index in [4.69, 9.17) is 4.74 Å². The lowest BCUT2D eigenvalue weighted by Gasteiger charge is -2.35. The van der Waals surface area contributed by atoms with Gasteiger partial charge in [-0.25, -0.2) is 0 Å². The van der Waals surface area contributed by atoms with Crippen LogP contribution in [0.2, 0.25) is 0 Å². The Morgan fingerprint density at radius 3 is 3.12 bits per heavy atom. The summed E-state index contributed by atoms with van der Waals surface area (Å²) in [6, 6.07) is 1.42. The molecule has 3 aliphatic rings. The Morgan fingerprint density at radius 1 is 1.24 bits per heavy atom. The van der Waals surface area contributed by atoms with Gasteiger partial charge < -0.3 is 15.4 Å². The second-order valence-electron chi connectivity index (χ2n) is 5.70. The highest BCUT2D eigenvalue weighted by atomic mass is 16.5. The molecule has 3 aliphatic heterocycles. The van der Waals surface area contributed by atoms with Gasteiger partial charge in [0.1, 0.15) is 0 Å². The number of fused-ring (bicyclic) bond motifs is 1. The highest BCUT2D eigenvalue weighted by Gasteiger charge is 2.31. The second kappa shape index (κ2) is 5.65. The molecular formula is C13H25N3O. The van der Waals surface area contributed by atoms with Crippen LogP contribution in [-0.2, 0) is 4.74 Å². The van der Waals surface area contributed by atoms with E-state index in [9.17, 15) is 0 Å². The third-order valence-electron chi connectivity index (χ3n) is 4.39. The molecule has 0 bridgehead atoms. The van der Waals surface area contributed by atoms with Crippen LogP contribution in [0, 0.1) is 0 Å². The maximum atomic E-state index is 5.93. The van der Waals surface area contributed by atoms with Gasteiger partial charge in [0.15, 0.2) is 0 Å². The monoisotopic (exact) mass is 239 g/mol. The van der Waals surface area contributed by atoms with Gasteiger partial charge in [0.25, 0.3) is 0 Å². The van der Waals surface area contributed by atoms with E-state index in [1.807, 2.05) is 0 Å². The summed E-state index contributed by atoms with van der Waals surface area (Å²) >= 11 is 0. The minimum Gasteiger partial charge on any atom is -0.374 e. The predicted octanol–water partition coefficient (Wildman–Crippen LogP) is 0.191. The summed E-state index contributed by atoms with van der Waals surface area (Å²) in [4.78, 5) is 2.61. The lowest BCUT2D eigenvalue weighted by atomic mass is 10.2. The smallest absolute Gasteiger partial charge is 0.0827 e. The van der Waals surface area contributed by atoms with Crippen LogP contribution in [0.1, 0.15) is 25.7 Å². The molecule has 3 heterocycles. The zero-order chi connectivity index (χ0) is 11.5. The van der Waals surface area contributed by atoms with E-state index in [2.05, 4.69) is 15.5 Å². The number of nitrogens with one attached hydrogen (secondary N) is 2. The van der Waals surface area contributed by atoms with Crippen molar-refractivity contribution in [2.45, 2.75) is 43.9 Å². The highest BCUT2D eigenvalue weighted by molar-refractivity contribution is 4.86. The summed E-state index contributed by atoms with van der Waals surface area (Å²) < 4.78 is 5.93. The molecule has 3 saturated heterocycles. The number of nitrogens with zero attached hydrogens (tertiary/aromatic N) is 1. The first-order valence-electron chi connectivity index (χ1n) is 7.21. The molecule has 0 saturated carbocycles. The van der Waals surface area contributed by atoms with E-state index in [1.165, 1.54) is 38.8 Å².